The minimum absolute atomic E-state index is 0.129. The number of carbonyl (C=O) groups is 1. The minimum Gasteiger partial charge on any atom is -0.508 e. The third-order valence-corrected chi connectivity index (χ3v) is 3.63. The summed E-state index contributed by atoms with van der Waals surface area (Å²) in [6, 6.07) is 6.99. The molecule has 1 aliphatic heterocycles. The standard InChI is InChI=1S/C16H24N2O3/c1-16(2,3)21-15(20)18-9-8-13(14(17)10-18)11-4-6-12(19)7-5-11/h4-7,13-14,19H,8-10,17H2,1-3H3. The van der Waals surface area contributed by atoms with Crippen LogP contribution in [0.5, 0.6) is 5.75 Å². The van der Waals surface area contributed by atoms with Gasteiger partial charge >= 0.3 is 6.09 Å². The maximum absolute atomic E-state index is 12.1. The van der Waals surface area contributed by atoms with Crippen LogP contribution in [-0.2, 0) is 4.74 Å². The number of benzene rings is 1. The zero-order chi connectivity index (χ0) is 15.6. The monoisotopic (exact) mass is 292 g/mol. The average molecular weight is 292 g/mol. The van der Waals surface area contributed by atoms with Crippen LogP contribution in [0.1, 0.15) is 38.7 Å². The van der Waals surface area contributed by atoms with Gasteiger partial charge in [0, 0.05) is 25.0 Å². The third kappa shape index (κ3) is 4.11. The van der Waals surface area contributed by atoms with Crippen LogP contribution in [0, 0.1) is 0 Å². The van der Waals surface area contributed by atoms with Crippen molar-refractivity contribution >= 4 is 6.09 Å². The number of amides is 1. The van der Waals surface area contributed by atoms with Crippen LogP contribution >= 0.6 is 0 Å². The lowest BCUT2D eigenvalue weighted by molar-refractivity contribution is 0.0186. The smallest absolute Gasteiger partial charge is 0.410 e. The molecule has 1 aromatic carbocycles. The molecule has 1 aromatic rings. The highest BCUT2D eigenvalue weighted by atomic mass is 16.6. The predicted octanol–water partition coefficient (Wildman–Crippen LogP) is 2.44. The Hall–Kier alpha value is -1.75. The molecule has 21 heavy (non-hydrogen) atoms. The summed E-state index contributed by atoms with van der Waals surface area (Å²) in [5.74, 6) is 0.447. The van der Waals surface area contributed by atoms with Gasteiger partial charge in [0.05, 0.1) is 0 Å². The van der Waals surface area contributed by atoms with E-state index in [4.69, 9.17) is 10.5 Å². The zero-order valence-electron chi connectivity index (χ0n) is 12.9. The Labute approximate surface area is 125 Å². The number of phenolic OH excluding ortho intramolecular Hbond substituents is 1. The molecule has 1 saturated heterocycles. The van der Waals surface area contributed by atoms with E-state index in [-0.39, 0.29) is 23.8 Å². The lowest BCUT2D eigenvalue weighted by Crippen LogP contribution is -2.50. The van der Waals surface area contributed by atoms with E-state index in [1.165, 1.54) is 0 Å². The maximum Gasteiger partial charge on any atom is 0.410 e. The molecule has 0 bridgehead atoms. The van der Waals surface area contributed by atoms with Gasteiger partial charge in [-0.25, -0.2) is 4.79 Å². The molecule has 116 valence electrons. The van der Waals surface area contributed by atoms with Crippen LogP contribution in [0.15, 0.2) is 24.3 Å². The van der Waals surface area contributed by atoms with E-state index in [0.717, 1.165) is 12.0 Å². The lowest BCUT2D eigenvalue weighted by atomic mass is 9.86. The van der Waals surface area contributed by atoms with Crippen molar-refractivity contribution in [1.29, 1.82) is 0 Å². The molecule has 1 heterocycles. The van der Waals surface area contributed by atoms with E-state index in [2.05, 4.69) is 0 Å². The van der Waals surface area contributed by atoms with Gasteiger partial charge in [0.25, 0.3) is 0 Å². The van der Waals surface area contributed by atoms with Gasteiger partial charge in [-0.05, 0) is 44.9 Å². The van der Waals surface area contributed by atoms with Gasteiger partial charge in [0.15, 0.2) is 0 Å². The Balaban J connectivity index is 1.99. The van der Waals surface area contributed by atoms with Gasteiger partial charge in [0.1, 0.15) is 11.4 Å². The summed E-state index contributed by atoms with van der Waals surface area (Å²) in [5.41, 5.74) is 6.84. The third-order valence-electron chi connectivity index (χ3n) is 3.63. The number of nitrogens with zero attached hydrogens (tertiary/aromatic N) is 1. The Morgan fingerprint density at radius 1 is 1.33 bits per heavy atom. The van der Waals surface area contributed by atoms with E-state index in [9.17, 15) is 9.90 Å². The maximum atomic E-state index is 12.1. The molecule has 5 heteroatoms. The number of phenols is 1. The number of likely N-dealkylation sites (tertiary alicyclic amines) is 1. The number of hydrogen-bond donors (Lipinski definition) is 2. The molecular weight excluding hydrogens is 268 g/mol. The molecule has 1 fully saturated rings. The number of carbonyl (C=O) groups excluding carboxylic acids is 1. The lowest BCUT2D eigenvalue weighted by Gasteiger charge is -2.37. The van der Waals surface area contributed by atoms with Crippen LogP contribution < -0.4 is 5.73 Å². The van der Waals surface area contributed by atoms with E-state index in [0.29, 0.717) is 13.1 Å². The molecule has 3 N–H and O–H groups in total. The van der Waals surface area contributed by atoms with E-state index in [1.807, 2.05) is 32.9 Å². The van der Waals surface area contributed by atoms with Crippen molar-refractivity contribution in [2.24, 2.45) is 5.73 Å². The van der Waals surface area contributed by atoms with Crippen molar-refractivity contribution in [3.05, 3.63) is 29.8 Å². The SMILES string of the molecule is CC(C)(C)OC(=O)N1CCC(c2ccc(O)cc2)C(N)C1. The summed E-state index contributed by atoms with van der Waals surface area (Å²) in [4.78, 5) is 13.7. The fourth-order valence-corrected chi connectivity index (χ4v) is 2.61. The first kappa shape index (κ1) is 15.6. The van der Waals surface area contributed by atoms with Crippen molar-refractivity contribution in [2.45, 2.75) is 44.8 Å². The molecule has 0 spiro atoms. The quantitative estimate of drug-likeness (QED) is 0.833. The second-order valence-corrected chi connectivity index (χ2v) is 6.58. The van der Waals surface area contributed by atoms with Crippen LogP contribution in [0.25, 0.3) is 0 Å². The average Bonchev–Trinajstić information content (AvgIpc) is 2.38. The molecule has 0 saturated carbocycles. The van der Waals surface area contributed by atoms with Gasteiger partial charge in [-0.2, -0.15) is 0 Å². The van der Waals surface area contributed by atoms with E-state index < -0.39 is 5.60 Å². The van der Waals surface area contributed by atoms with Crippen LogP contribution in [0.3, 0.4) is 0 Å². The van der Waals surface area contributed by atoms with Gasteiger partial charge in [0.2, 0.25) is 0 Å². The van der Waals surface area contributed by atoms with Gasteiger partial charge < -0.3 is 20.5 Å². The largest absolute Gasteiger partial charge is 0.508 e. The fraction of sp³-hybridized carbons (Fsp3) is 0.562. The Bertz CT molecular complexity index is 493. The highest BCUT2D eigenvalue weighted by Crippen LogP contribution is 2.29. The number of piperidine rings is 1. The van der Waals surface area contributed by atoms with Crippen molar-refractivity contribution in [2.75, 3.05) is 13.1 Å². The van der Waals surface area contributed by atoms with Gasteiger partial charge in [-0.3, -0.25) is 0 Å². The predicted molar refractivity (Wildman–Crippen MR) is 81.2 cm³/mol. The summed E-state index contributed by atoms with van der Waals surface area (Å²) in [5, 5.41) is 9.34. The van der Waals surface area contributed by atoms with Gasteiger partial charge in [-0.1, -0.05) is 12.1 Å². The molecule has 5 nitrogen and oxygen atoms in total. The van der Waals surface area contributed by atoms with Gasteiger partial charge in [-0.15, -0.1) is 0 Å². The zero-order valence-corrected chi connectivity index (χ0v) is 12.9. The Morgan fingerprint density at radius 2 is 1.95 bits per heavy atom. The molecule has 2 unspecified atom stereocenters. The van der Waals surface area contributed by atoms with Crippen molar-refractivity contribution in [1.82, 2.24) is 4.90 Å². The number of ether oxygens (including phenoxy) is 1. The van der Waals surface area contributed by atoms with E-state index >= 15 is 0 Å². The van der Waals surface area contributed by atoms with Crippen molar-refractivity contribution in [3.63, 3.8) is 0 Å². The molecule has 0 aliphatic carbocycles. The highest BCUT2D eigenvalue weighted by molar-refractivity contribution is 5.68. The minimum atomic E-state index is -0.491. The Kier molecular flexibility index (Phi) is 4.42. The highest BCUT2D eigenvalue weighted by Gasteiger charge is 2.32. The van der Waals surface area contributed by atoms with Crippen LogP contribution in [0.4, 0.5) is 4.79 Å². The summed E-state index contributed by atoms with van der Waals surface area (Å²) >= 11 is 0. The Morgan fingerprint density at radius 3 is 2.48 bits per heavy atom. The number of aromatic hydroxyl groups is 1. The summed E-state index contributed by atoms with van der Waals surface area (Å²) in [6.07, 6.45) is 0.493. The van der Waals surface area contributed by atoms with Crippen LogP contribution in [-0.4, -0.2) is 40.8 Å². The number of nitrogens with two attached hydrogens (primary N) is 1. The molecule has 1 aliphatic rings. The summed E-state index contributed by atoms with van der Waals surface area (Å²) in [7, 11) is 0. The van der Waals surface area contributed by atoms with Crippen molar-refractivity contribution < 1.29 is 14.6 Å². The normalized spacial score (nSPS) is 23.0. The molecule has 1 amide bonds. The second-order valence-electron chi connectivity index (χ2n) is 6.58. The topological polar surface area (TPSA) is 75.8 Å². The first-order valence-electron chi connectivity index (χ1n) is 7.29. The fourth-order valence-electron chi connectivity index (χ4n) is 2.61. The summed E-state index contributed by atoms with van der Waals surface area (Å²) < 4.78 is 5.38. The second kappa shape index (κ2) is 5.93. The number of rotatable bonds is 1. The molecule has 2 atom stereocenters. The molecule has 0 aromatic heterocycles. The molecule has 0 radical (unpaired) electrons. The number of hydrogen-bond acceptors (Lipinski definition) is 4. The van der Waals surface area contributed by atoms with Crippen LogP contribution in [0.2, 0.25) is 0 Å². The first-order chi connectivity index (χ1) is 9.76. The van der Waals surface area contributed by atoms with E-state index in [1.54, 1.807) is 17.0 Å². The first-order valence-corrected chi connectivity index (χ1v) is 7.29. The molecular formula is C16H24N2O3. The summed E-state index contributed by atoms with van der Waals surface area (Å²) in [6.45, 7) is 6.69. The van der Waals surface area contributed by atoms with Crippen molar-refractivity contribution in [3.8, 4) is 5.75 Å². The molecule has 2 rings (SSSR count).